The maximum Gasteiger partial charge on any atom is 0.129 e. The molecular formula is C13H19ClN2. The lowest BCUT2D eigenvalue weighted by Gasteiger charge is -2.20. The van der Waals surface area contributed by atoms with Crippen LogP contribution in [0.4, 0.5) is 5.82 Å². The number of anilines is 1. The van der Waals surface area contributed by atoms with Crippen molar-refractivity contribution in [3.63, 3.8) is 0 Å². The van der Waals surface area contributed by atoms with Crippen LogP contribution in [0.1, 0.15) is 43.9 Å². The number of aromatic nitrogens is 1. The molecule has 1 aromatic rings. The molecule has 0 radical (unpaired) electrons. The average Bonchev–Trinajstić information content (AvgIpc) is 3.11. The van der Waals surface area contributed by atoms with Gasteiger partial charge < -0.3 is 4.90 Å². The van der Waals surface area contributed by atoms with E-state index >= 15 is 0 Å². The van der Waals surface area contributed by atoms with Crippen molar-refractivity contribution < 1.29 is 0 Å². The Morgan fingerprint density at radius 1 is 1.44 bits per heavy atom. The van der Waals surface area contributed by atoms with E-state index in [1.165, 1.54) is 18.4 Å². The normalized spacial score (nSPS) is 15.6. The van der Waals surface area contributed by atoms with Gasteiger partial charge in [0.25, 0.3) is 0 Å². The second-order valence-electron chi connectivity index (χ2n) is 4.89. The van der Waals surface area contributed by atoms with Gasteiger partial charge in [-0.2, -0.15) is 0 Å². The zero-order valence-electron chi connectivity index (χ0n) is 10.2. The van der Waals surface area contributed by atoms with Crippen LogP contribution in [0.3, 0.4) is 0 Å². The molecule has 1 fully saturated rings. The summed E-state index contributed by atoms with van der Waals surface area (Å²) in [5.41, 5.74) is 2.31. The van der Waals surface area contributed by atoms with E-state index in [4.69, 9.17) is 16.6 Å². The quantitative estimate of drug-likeness (QED) is 0.746. The van der Waals surface area contributed by atoms with Gasteiger partial charge in [-0.05, 0) is 36.5 Å². The minimum Gasteiger partial charge on any atom is -0.357 e. The minimum atomic E-state index is 0.453. The highest BCUT2D eigenvalue weighted by atomic mass is 35.5. The molecule has 3 heteroatoms. The maximum atomic E-state index is 5.93. The van der Waals surface area contributed by atoms with Crippen LogP contribution in [0.2, 0.25) is 0 Å². The summed E-state index contributed by atoms with van der Waals surface area (Å²) in [6.07, 6.45) is 2.58. The number of hydrogen-bond donors (Lipinski definition) is 0. The van der Waals surface area contributed by atoms with Crippen LogP contribution in [0.25, 0.3) is 0 Å². The first kappa shape index (κ1) is 11.7. The number of rotatable bonds is 4. The first-order valence-corrected chi connectivity index (χ1v) is 6.45. The SMILES string of the molecule is CC(C)c1cc(CCl)cc(N(C)C2CC2)n1. The van der Waals surface area contributed by atoms with Gasteiger partial charge in [0.1, 0.15) is 5.82 Å². The van der Waals surface area contributed by atoms with Gasteiger partial charge in [0.15, 0.2) is 0 Å². The third-order valence-corrected chi connectivity index (χ3v) is 3.40. The summed E-state index contributed by atoms with van der Waals surface area (Å²) in [7, 11) is 2.13. The van der Waals surface area contributed by atoms with Crippen LogP contribution in [0.15, 0.2) is 12.1 Å². The van der Waals surface area contributed by atoms with Crippen LogP contribution in [-0.2, 0) is 5.88 Å². The Morgan fingerprint density at radius 2 is 2.12 bits per heavy atom. The summed E-state index contributed by atoms with van der Waals surface area (Å²) >= 11 is 5.93. The molecule has 16 heavy (non-hydrogen) atoms. The van der Waals surface area contributed by atoms with E-state index in [0.717, 1.165) is 11.5 Å². The largest absolute Gasteiger partial charge is 0.357 e. The summed E-state index contributed by atoms with van der Waals surface area (Å²) in [5.74, 6) is 2.09. The van der Waals surface area contributed by atoms with Crippen LogP contribution in [0.5, 0.6) is 0 Å². The molecule has 0 spiro atoms. The number of halogens is 1. The summed E-state index contributed by atoms with van der Waals surface area (Å²) in [6.45, 7) is 4.34. The van der Waals surface area contributed by atoms with Gasteiger partial charge in [-0.1, -0.05) is 13.8 Å². The Morgan fingerprint density at radius 3 is 2.62 bits per heavy atom. The topological polar surface area (TPSA) is 16.1 Å². The van der Waals surface area contributed by atoms with Gasteiger partial charge in [-0.25, -0.2) is 4.98 Å². The second-order valence-corrected chi connectivity index (χ2v) is 5.16. The summed E-state index contributed by atoms with van der Waals surface area (Å²) in [6, 6.07) is 4.91. The molecule has 0 bridgehead atoms. The molecule has 0 aromatic carbocycles. The Hall–Kier alpha value is -0.760. The highest BCUT2D eigenvalue weighted by molar-refractivity contribution is 6.17. The predicted molar refractivity (Wildman–Crippen MR) is 69.3 cm³/mol. The lowest BCUT2D eigenvalue weighted by atomic mass is 10.1. The molecule has 1 aliphatic rings. The van der Waals surface area contributed by atoms with Gasteiger partial charge in [0, 0.05) is 24.7 Å². The third kappa shape index (κ3) is 2.49. The number of pyridine rings is 1. The Bertz CT molecular complexity index is 372. The highest BCUT2D eigenvalue weighted by Crippen LogP contribution is 2.30. The standard InChI is InChI=1S/C13H19ClN2/c1-9(2)12-6-10(8-14)7-13(15-12)16(3)11-4-5-11/h6-7,9,11H,4-5,8H2,1-3H3. The van der Waals surface area contributed by atoms with E-state index in [0.29, 0.717) is 17.8 Å². The molecule has 0 aliphatic heterocycles. The fourth-order valence-corrected chi connectivity index (χ4v) is 1.95. The molecule has 2 rings (SSSR count). The molecular weight excluding hydrogens is 220 g/mol. The molecule has 1 aromatic heterocycles. The average molecular weight is 239 g/mol. The van der Waals surface area contributed by atoms with Crippen LogP contribution in [-0.4, -0.2) is 18.1 Å². The predicted octanol–water partition coefficient (Wildman–Crippen LogP) is 3.54. The minimum absolute atomic E-state index is 0.453. The zero-order chi connectivity index (χ0) is 11.7. The molecule has 0 saturated heterocycles. The summed E-state index contributed by atoms with van der Waals surface area (Å²) in [5, 5.41) is 0. The van der Waals surface area contributed by atoms with Crippen LogP contribution in [0, 0.1) is 0 Å². The second kappa shape index (κ2) is 4.62. The van der Waals surface area contributed by atoms with Crippen LogP contribution >= 0.6 is 11.6 Å². The lowest BCUT2D eigenvalue weighted by Crippen LogP contribution is -2.21. The van der Waals surface area contributed by atoms with Gasteiger partial charge in [0.05, 0.1) is 0 Å². The molecule has 1 saturated carbocycles. The molecule has 1 heterocycles. The molecule has 0 N–H and O–H groups in total. The van der Waals surface area contributed by atoms with Crippen molar-refractivity contribution in [2.45, 2.75) is 44.5 Å². The fraction of sp³-hybridized carbons (Fsp3) is 0.615. The van der Waals surface area contributed by atoms with Crippen molar-refractivity contribution in [3.05, 3.63) is 23.4 Å². The van der Waals surface area contributed by atoms with Crippen molar-refractivity contribution in [1.29, 1.82) is 0 Å². The summed E-state index contributed by atoms with van der Waals surface area (Å²) in [4.78, 5) is 6.99. The lowest BCUT2D eigenvalue weighted by molar-refractivity contribution is 0.802. The van der Waals surface area contributed by atoms with E-state index in [1.807, 2.05) is 0 Å². The van der Waals surface area contributed by atoms with E-state index in [-0.39, 0.29) is 0 Å². The molecule has 1 aliphatic carbocycles. The number of alkyl halides is 1. The summed E-state index contributed by atoms with van der Waals surface area (Å²) < 4.78 is 0. The van der Waals surface area contributed by atoms with E-state index in [1.54, 1.807) is 0 Å². The first-order valence-electron chi connectivity index (χ1n) is 5.91. The molecule has 2 nitrogen and oxygen atoms in total. The highest BCUT2D eigenvalue weighted by Gasteiger charge is 2.27. The van der Waals surface area contributed by atoms with Crippen molar-refractivity contribution >= 4 is 17.4 Å². The Balaban J connectivity index is 2.31. The smallest absolute Gasteiger partial charge is 0.129 e. The number of hydrogen-bond acceptors (Lipinski definition) is 2. The van der Waals surface area contributed by atoms with E-state index in [9.17, 15) is 0 Å². The Kier molecular flexibility index (Phi) is 3.38. The molecule has 0 atom stereocenters. The zero-order valence-corrected chi connectivity index (χ0v) is 11.0. The monoisotopic (exact) mass is 238 g/mol. The number of nitrogens with zero attached hydrogens (tertiary/aromatic N) is 2. The van der Waals surface area contributed by atoms with Crippen molar-refractivity contribution in [2.75, 3.05) is 11.9 Å². The molecule has 0 unspecified atom stereocenters. The molecule has 0 amide bonds. The van der Waals surface area contributed by atoms with Gasteiger partial charge in [-0.15, -0.1) is 11.6 Å². The fourth-order valence-electron chi connectivity index (χ4n) is 1.80. The van der Waals surface area contributed by atoms with Gasteiger partial charge in [-0.3, -0.25) is 0 Å². The van der Waals surface area contributed by atoms with Crippen molar-refractivity contribution in [2.24, 2.45) is 0 Å². The van der Waals surface area contributed by atoms with Gasteiger partial charge >= 0.3 is 0 Å². The van der Waals surface area contributed by atoms with E-state index < -0.39 is 0 Å². The van der Waals surface area contributed by atoms with E-state index in [2.05, 4.69) is 37.9 Å². The third-order valence-electron chi connectivity index (χ3n) is 3.09. The van der Waals surface area contributed by atoms with Gasteiger partial charge in [0.2, 0.25) is 0 Å². The Labute approximate surface area is 103 Å². The van der Waals surface area contributed by atoms with Crippen LogP contribution < -0.4 is 4.90 Å². The maximum absolute atomic E-state index is 5.93. The van der Waals surface area contributed by atoms with Crippen molar-refractivity contribution in [3.8, 4) is 0 Å². The molecule has 88 valence electrons. The first-order chi connectivity index (χ1) is 7.61. The van der Waals surface area contributed by atoms with Crippen molar-refractivity contribution in [1.82, 2.24) is 4.98 Å².